The predicted molar refractivity (Wildman–Crippen MR) is 241 cm³/mol. The van der Waals surface area contributed by atoms with Crippen LogP contribution in [0.2, 0.25) is 0 Å². The SMILES string of the molecule is CC.CC.CC1=CC=CCC1.CC1C2=C(CCc3ccccc32)c2cccc3cccc1c23.Cc1ccc(C)cc1.Cc1cccc(-c2ccccc2)c1. The van der Waals surface area contributed by atoms with Crippen LogP contribution in [0.3, 0.4) is 0 Å². The fourth-order valence-electron chi connectivity index (χ4n) is 7.29. The maximum Gasteiger partial charge on any atom is 0.00763 e. The van der Waals surface area contributed by atoms with Gasteiger partial charge in [-0.05, 0) is 109 Å². The summed E-state index contributed by atoms with van der Waals surface area (Å²) in [5.41, 5.74) is 17.1. The second kappa shape index (κ2) is 21.5. The highest BCUT2D eigenvalue weighted by molar-refractivity contribution is 6.09. The number of benzene rings is 6. The minimum atomic E-state index is 0.482. The quantitative estimate of drug-likeness (QED) is 0.159. The molecule has 9 rings (SSSR count). The predicted octanol–water partition coefficient (Wildman–Crippen LogP) is 16.1. The molecule has 0 heterocycles. The van der Waals surface area contributed by atoms with E-state index in [1.165, 1.54) is 92.1 Å². The molecule has 0 aliphatic heterocycles. The molecule has 0 heteroatoms. The van der Waals surface area contributed by atoms with E-state index < -0.39 is 0 Å². The molecule has 0 saturated carbocycles. The zero-order valence-electron chi connectivity index (χ0n) is 34.4. The Bertz CT molecular complexity index is 2110. The second-order valence-electron chi connectivity index (χ2n) is 13.9. The van der Waals surface area contributed by atoms with Crippen LogP contribution in [0, 0.1) is 20.8 Å². The number of rotatable bonds is 1. The van der Waals surface area contributed by atoms with Crippen molar-refractivity contribution >= 4 is 21.9 Å². The molecule has 0 saturated heterocycles. The summed E-state index contributed by atoms with van der Waals surface area (Å²) in [5.74, 6) is 0.482. The first kappa shape index (κ1) is 41.6. The van der Waals surface area contributed by atoms with Gasteiger partial charge in [-0.15, -0.1) is 0 Å². The molecule has 0 radical (unpaired) electrons. The second-order valence-corrected chi connectivity index (χ2v) is 13.9. The molecule has 6 aromatic carbocycles. The molecule has 0 aromatic heterocycles. The van der Waals surface area contributed by atoms with Crippen LogP contribution in [0.4, 0.5) is 0 Å². The molecular formula is C54H62. The molecule has 0 amide bonds. The summed E-state index contributed by atoms with van der Waals surface area (Å²) in [7, 11) is 0. The summed E-state index contributed by atoms with van der Waals surface area (Å²) in [6.07, 6.45) is 11.3. The van der Waals surface area contributed by atoms with Gasteiger partial charge in [-0.3, -0.25) is 0 Å². The molecule has 0 nitrogen and oxygen atoms in total. The van der Waals surface area contributed by atoms with Crippen LogP contribution in [0.1, 0.15) is 106 Å². The lowest BCUT2D eigenvalue weighted by Crippen LogP contribution is -2.14. The molecule has 0 fully saturated rings. The van der Waals surface area contributed by atoms with Crippen LogP contribution in [-0.4, -0.2) is 0 Å². The molecular weight excluding hydrogens is 649 g/mol. The highest BCUT2D eigenvalue weighted by Gasteiger charge is 2.30. The van der Waals surface area contributed by atoms with Crippen molar-refractivity contribution in [1.29, 1.82) is 0 Å². The lowest BCUT2D eigenvalue weighted by molar-refractivity contribution is 0.925. The van der Waals surface area contributed by atoms with Crippen molar-refractivity contribution < 1.29 is 0 Å². The van der Waals surface area contributed by atoms with Gasteiger partial charge in [0.05, 0.1) is 0 Å². The molecule has 54 heavy (non-hydrogen) atoms. The van der Waals surface area contributed by atoms with Gasteiger partial charge in [0.1, 0.15) is 0 Å². The topological polar surface area (TPSA) is 0 Å². The van der Waals surface area contributed by atoms with Gasteiger partial charge in [0.2, 0.25) is 0 Å². The highest BCUT2D eigenvalue weighted by atomic mass is 14.3. The van der Waals surface area contributed by atoms with Gasteiger partial charge in [0, 0.05) is 5.92 Å². The fraction of sp³-hybridized carbons (Fsp3) is 0.259. The lowest BCUT2D eigenvalue weighted by Gasteiger charge is -2.33. The van der Waals surface area contributed by atoms with Gasteiger partial charge in [-0.2, -0.15) is 0 Å². The maximum atomic E-state index is 2.38. The Kier molecular flexibility index (Phi) is 16.5. The van der Waals surface area contributed by atoms with Gasteiger partial charge in [0.25, 0.3) is 0 Å². The zero-order valence-corrected chi connectivity index (χ0v) is 34.4. The standard InChI is InChI=1S/C22H18.C13H12.C8H10.C7H10.2C2H6/c1-14-17-10-4-7-16-8-5-11-19(22(16)17)20-13-12-15-6-2-3-9-18(15)21(14)20;1-11-6-5-9-13(10-11)12-7-3-2-4-8-12;1-7-3-5-8(2)6-4-7;1-7-5-3-2-4-6-7;2*1-2/h2-11,14H,12-13H2,1H3;2-10H,1H3;3-6H,1-2H3;2-3,5H,4,6H2,1H3;2*1-2H3. The van der Waals surface area contributed by atoms with Crippen molar-refractivity contribution in [2.45, 2.75) is 93.9 Å². The van der Waals surface area contributed by atoms with Gasteiger partial charge < -0.3 is 0 Å². The van der Waals surface area contributed by atoms with E-state index in [4.69, 9.17) is 0 Å². The minimum absolute atomic E-state index is 0.482. The number of hydrogen-bond acceptors (Lipinski definition) is 0. The number of fused-ring (bicyclic) bond motifs is 3. The molecule has 278 valence electrons. The van der Waals surface area contributed by atoms with Crippen molar-refractivity contribution in [1.82, 2.24) is 0 Å². The number of allylic oxidation sites excluding steroid dienone is 6. The largest absolute Gasteiger partial charge is 0.0842 e. The molecule has 0 spiro atoms. The molecule has 6 aromatic rings. The van der Waals surface area contributed by atoms with E-state index in [2.05, 4.69) is 186 Å². The molecule has 0 N–H and O–H groups in total. The Morgan fingerprint density at radius 3 is 1.70 bits per heavy atom. The van der Waals surface area contributed by atoms with Crippen LogP contribution in [0.15, 0.2) is 163 Å². The minimum Gasteiger partial charge on any atom is -0.0842 e. The summed E-state index contributed by atoms with van der Waals surface area (Å²) in [5, 5.41) is 2.86. The Labute approximate surface area is 328 Å². The van der Waals surface area contributed by atoms with E-state index in [1.54, 1.807) is 11.1 Å². The summed E-state index contributed by atoms with van der Waals surface area (Å²) < 4.78 is 0. The van der Waals surface area contributed by atoms with E-state index in [0.717, 1.165) is 0 Å². The van der Waals surface area contributed by atoms with Crippen molar-refractivity contribution in [3.63, 3.8) is 0 Å². The normalized spacial score (nSPS) is 14.2. The monoisotopic (exact) mass is 710 g/mol. The average Bonchev–Trinajstić information content (AvgIpc) is 3.23. The Balaban J connectivity index is 0.000000173. The van der Waals surface area contributed by atoms with E-state index >= 15 is 0 Å². The Morgan fingerprint density at radius 1 is 0.500 bits per heavy atom. The van der Waals surface area contributed by atoms with Crippen molar-refractivity contribution in [2.75, 3.05) is 0 Å². The smallest absolute Gasteiger partial charge is 0.00763 e. The van der Waals surface area contributed by atoms with E-state index in [9.17, 15) is 0 Å². The van der Waals surface area contributed by atoms with Crippen LogP contribution in [0.25, 0.3) is 33.0 Å². The van der Waals surface area contributed by atoms with Gasteiger partial charge in [-0.25, -0.2) is 0 Å². The van der Waals surface area contributed by atoms with E-state index in [1.807, 2.05) is 33.8 Å². The molecule has 1 unspecified atom stereocenters. The third-order valence-electron chi connectivity index (χ3n) is 10.0. The van der Waals surface area contributed by atoms with E-state index in [0.29, 0.717) is 5.92 Å². The highest BCUT2D eigenvalue weighted by Crippen LogP contribution is 2.51. The average molecular weight is 711 g/mol. The van der Waals surface area contributed by atoms with Crippen LogP contribution in [-0.2, 0) is 6.42 Å². The first-order chi connectivity index (χ1) is 26.4. The zero-order chi connectivity index (χ0) is 38.9. The molecule has 3 aliphatic rings. The Morgan fingerprint density at radius 2 is 1.09 bits per heavy atom. The summed E-state index contributed by atoms with van der Waals surface area (Å²) >= 11 is 0. The van der Waals surface area contributed by atoms with Crippen molar-refractivity contribution in [2.24, 2.45) is 0 Å². The molecule has 1 atom stereocenters. The first-order valence-corrected chi connectivity index (χ1v) is 20.2. The van der Waals surface area contributed by atoms with Gasteiger partial charge in [0.15, 0.2) is 0 Å². The van der Waals surface area contributed by atoms with Crippen LogP contribution < -0.4 is 0 Å². The summed E-state index contributed by atoms with van der Waals surface area (Å²) in [4.78, 5) is 0. The van der Waals surface area contributed by atoms with Gasteiger partial charge in [-0.1, -0.05) is 215 Å². The Hall–Kier alpha value is -5.20. The lowest BCUT2D eigenvalue weighted by atomic mass is 9.70. The van der Waals surface area contributed by atoms with Crippen molar-refractivity contribution in [3.05, 3.63) is 202 Å². The van der Waals surface area contributed by atoms with E-state index in [-0.39, 0.29) is 0 Å². The number of hydrogen-bond donors (Lipinski definition) is 0. The molecule has 0 bridgehead atoms. The number of aryl methyl sites for hydroxylation is 4. The maximum absolute atomic E-state index is 2.38. The fourth-order valence-corrected chi connectivity index (χ4v) is 7.29. The van der Waals surface area contributed by atoms with Gasteiger partial charge >= 0.3 is 0 Å². The van der Waals surface area contributed by atoms with Crippen molar-refractivity contribution in [3.8, 4) is 11.1 Å². The third-order valence-corrected chi connectivity index (χ3v) is 10.0. The van der Waals surface area contributed by atoms with Crippen LogP contribution >= 0.6 is 0 Å². The molecule has 3 aliphatic carbocycles. The third kappa shape index (κ3) is 10.9. The van der Waals surface area contributed by atoms with Crippen LogP contribution in [0.5, 0.6) is 0 Å². The first-order valence-electron chi connectivity index (χ1n) is 20.2. The summed E-state index contributed by atoms with van der Waals surface area (Å²) in [6.45, 7) is 18.9. The summed E-state index contributed by atoms with van der Waals surface area (Å²) in [6, 6.07) is 50.0.